The molecule has 103 valence electrons. The van der Waals surface area contributed by atoms with Crippen LogP contribution in [0.2, 0.25) is 0 Å². The molecule has 0 saturated carbocycles. The summed E-state index contributed by atoms with van der Waals surface area (Å²) >= 11 is 1.52. The summed E-state index contributed by atoms with van der Waals surface area (Å²) in [6, 6.07) is 12.8. The molecule has 5 heteroatoms. The third-order valence-electron chi connectivity index (χ3n) is 2.90. The summed E-state index contributed by atoms with van der Waals surface area (Å²) in [6.45, 7) is 4.93. The molecule has 0 bridgehead atoms. The van der Waals surface area contributed by atoms with E-state index in [1.165, 1.54) is 18.3 Å². The minimum atomic E-state index is -1.57. The van der Waals surface area contributed by atoms with Gasteiger partial charge in [-0.15, -0.1) is 11.3 Å². The topological polar surface area (TPSA) is 46.5 Å². The summed E-state index contributed by atoms with van der Waals surface area (Å²) in [4.78, 5) is 12.6. The number of rotatable bonds is 2. The number of aliphatic hydroxyl groups is 1. The van der Waals surface area contributed by atoms with Crippen LogP contribution >= 0.6 is 11.3 Å². The zero-order valence-electron chi connectivity index (χ0n) is 10.9. The first-order valence-electron chi connectivity index (χ1n) is 6.17. The maximum absolute atomic E-state index is 12.6. The van der Waals surface area contributed by atoms with Gasteiger partial charge in [0.2, 0.25) is 5.79 Å². The molecule has 3 aromatic rings. The van der Waals surface area contributed by atoms with Crippen molar-refractivity contribution >= 4 is 61.1 Å². The van der Waals surface area contributed by atoms with Gasteiger partial charge in [0.1, 0.15) is 5.75 Å². The Hall–Kier alpha value is -0.910. The number of hydrogen-bond acceptors (Lipinski definition) is 4. The fraction of sp³-hybridized carbons (Fsp3) is 0.125. The van der Waals surface area contributed by atoms with E-state index in [-0.39, 0.29) is 35.0 Å². The summed E-state index contributed by atoms with van der Waals surface area (Å²) < 4.78 is 7.16. The molecule has 0 spiro atoms. The van der Waals surface area contributed by atoms with Crippen molar-refractivity contribution < 1.29 is 9.84 Å². The fourth-order valence-electron chi connectivity index (χ4n) is 2.14. The molecule has 1 N–H and O–H groups in total. The van der Waals surface area contributed by atoms with Crippen molar-refractivity contribution in [3.8, 4) is 5.75 Å². The number of fused-ring (bicyclic) bond motifs is 2. The zero-order valence-corrected chi connectivity index (χ0v) is 11.7. The van der Waals surface area contributed by atoms with Gasteiger partial charge < -0.3 is 9.84 Å². The Morgan fingerprint density at radius 1 is 1.14 bits per heavy atom. The second kappa shape index (κ2) is 6.07. The Bertz CT molecular complexity index is 849. The van der Waals surface area contributed by atoms with Gasteiger partial charge in [-0.2, -0.15) is 0 Å². The number of ether oxygens (including phenoxy) is 1. The molecule has 1 radical (unpaired) electrons. The SMILES string of the molecule is [CH2]C(C)(O)Oc1cccc2sc3ccccc3c(=O)c12.[NaH]. The Labute approximate surface area is 148 Å². The van der Waals surface area contributed by atoms with E-state index in [0.717, 1.165) is 9.40 Å². The predicted molar refractivity (Wildman–Crippen MR) is 89.4 cm³/mol. The molecule has 0 aliphatic rings. The predicted octanol–water partition coefficient (Wildman–Crippen LogP) is 2.69. The molecule has 1 unspecified atom stereocenters. The van der Waals surface area contributed by atoms with Crippen LogP contribution < -0.4 is 10.2 Å². The molecule has 1 atom stereocenters. The monoisotopic (exact) mass is 309 g/mol. The third kappa shape index (κ3) is 3.30. The number of hydrogen-bond donors (Lipinski definition) is 1. The van der Waals surface area contributed by atoms with Crippen LogP contribution in [0.25, 0.3) is 20.2 Å². The zero-order chi connectivity index (χ0) is 14.3. The van der Waals surface area contributed by atoms with E-state index in [1.807, 2.05) is 24.3 Å². The van der Waals surface area contributed by atoms with E-state index in [4.69, 9.17) is 4.74 Å². The van der Waals surface area contributed by atoms with E-state index in [0.29, 0.717) is 16.5 Å². The molecule has 3 nitrogen and oxygen atoms in total. The second-order valence-electron chi connectivity index (χ2n) is 4.83. The maximum atomic E-state index is 12.6. The van der Waals surface area contributed by atoms with E-state index in [9.17, 15) is 9.90 Å². The quantitative estimate of drug-likeness (QED) is 0.450. The molecule has 1 heterocycles. The molecule has 0 amide bonds. The summed E-state index contributed by atoms with van der Waals surface area (Å²) in [6.07, 6.45) is 0. The molecular weight excluding hydrogens is 295 g/mol. The van der Waals surface area contributed by atoms with E-state index < -0.39 is 5.79 Å². The minimum absolute atomic E-state index is 0. The van der Waals surface area contributed by atoms with Crippen LogP contribution in [-0.4, -0.2) is 40.5 Å². The van der Waals surface area contributed by atoms with Gasteiger partial charge in [-0.3, -0.25) is 4.79 Å². The molecule has 1 aromatic heterocycles. The van der Waals surface area contributed by atoms with Gasteiger partial charge in [0.25, 0.3) is 0 Å². The van der Waals surface area contributed by atoms with Crippen LogP contribution in [-0.2, 0) is 0 Å². The summed E-state index contributed by atoms with van der Waals surface area (Å²) in [5.41, 5.74) is -0.0887. The van der Waals surface area contributed by atoms with Crippen LogP contribution in [0.3, 0.4) is 0 Å². The molecular formula is C16H14NaO3S. The molecule has 0 fully saturated rings. The van der Waals surface area contributed by atoms with Gasteiger partial charge in [0.05, 0.1) is 5.39 Å². The molecule has 3 rings (SSSR count). The third-order valence-corrected chi connectivity index (χ3v) is 4.03. The fourth-order valence-corrected chi connectivity index (χ4v) is 3.23. The van der Waals surface area contributed by atoms with E-state index in [2.05, 4.69) is 6.92 Å². The first-order chi connectivity index (χ1) is 9.46. The van der Waals surface area contributed by atoms with Crippen molar-refractivity contribution in [1.82, 2.24) is 0 Å². The Morgan fingerprint density at radius 2 is 1.81 bits per heavy atom. The van der Waals surface area contributed by atoms with Crippen LogP contribution in [0.1, 0.15) is 6.92 Å². The Morgan fingerprint density at radius 3 is 2.52 bits per heavy atom. The van der Waals surface area contributed by atoms with Crippen LogP contribution in [0.15, 0.2) is 47.3 Å². The van der Waals surface area contributed by atoms with Crippen LogP contribution in [0, 0.1) is 6.92 Å². The van der Waals surface area contributed by atoms with Gasteiger partial charge in [-0.1, -0.05) is 18.2 Å². The summed E-state index contributed by atoms with van der Waals surface area (Å²) in [7, 11) is 0. The van der Waals surface area contributed by atoms with Gasteiger partial charge in [0, 0.05) is 28.6 Å². The average molecular weight is 309 g/mol. The van der Waals surface area contributed by atoms with Crippen molar-refractivity contribution in [3.05, 3.63) is 59.6 Å². The molecule has 2 aromatic carbocycles. The Balaban J connectivity index is 0.00000161. The summed E-state index contributed by atoms with van der Waals surface area (Å²) in [5, 5.41) is 10.8. The average Bonchev–Trinajstić information content (AvgIpc) is 2.37. The van der Waals surface area contributed by atoms with E-state index >= 15 is 0 Å². The van der Waals surface area contributed by atoms with Gasteiger partial charge in [0.15, 0.2) is 5.43 Å². The standard InChI is InChI=1S/C16H13O3S.Na.H/c1-16(2,18)19-11-7-5-9-13-14(11)15(17)10-6-3-4-8-12(10)20-13;;/h3-9,18H,1H2,2H3;;. The first-order valence-corrected chi connectivity index (χ1v) is 6.99. The van der Waals surface area contributed by atoms with E-state index in [1.54, 1.807) is 18.2 Å². The van der Waals surface area contributed by atoms with Gasteiger partial charge in [-0.25, -0.2) is 0 Å². The van der Waals surface area contributed by atoms with Crippen molar-refractivity contribution in [2.75, 3.05) is 0 Å². The normalized spacial score (nSPS) is 11.4. The summed E-state index contributed by atoms with van der Waals surface area (Å²) in [5.74, 6) is -1.22. The molecule has 0 aliphatic heterocycles. The molecule has 0 saturated heterocycles. The van der Waals surface area contributed by atoms with Crippen LogP contribution in [0.5, 0.6) is 5.75 Å². The second-order valence-corrected chi connectivity index (χ2v) is 5.92. The Kier molecular flexibility index (Phi) is 4.76. The molecule has 21 heavy (non-hydrogen) atoms. The first kappa shape index (κ1) is 16.5. The van der Waals surface area contributed by atoms with Crippen molar-refractivity contribution in [2.45, 2.75) is 12.7 Å². The van der Waals surface area contributed by atoms with Crippen LogP contribution in [0.4, 0.5) is 0 Å². The van der Waals surface area contributed by atoms with Crippen molar-refractivity contribution in [2.24, 2.45) is 0 Å². The van der Waals surface area contributed by atoms with Crippen molar-refractivity contribution in [3.63, 3.8) is 0 Å². The van der Waals surface area contributed by atoms with Gasteiger partial charge in [-0.05, 0) is 24.3 Å². The number of benzene rings is 2. The van der Waals surface area contributed by atoms with Gasteiger partial charge >= 0.3 is 29.6 Å². The molecule has 0 aliphatic carbocycles. The van der Waals surface area contributed by atoms with Crippen molar-refractivity contribution in [1.29, 1.82) is 0 Å².